The Hall–Kier alpha value is -1.10. The quantitative estimate of drug-likeness (QED) is 0.877. The maximum atomic E-state index is 12.0. The van der Waals surface area contributed by atoms with Gasteiger partial charge in [0.1, 0.15) is 0 Å². The molecule has 1 fully saturated rings. The summed E-state index contributed by atoms with van der Waals surface area (Å²) < 4.78 is 5.55. The van der Waals surface area contributed by atoms with Crippen molar-refractivity contribution in [2.45, 2.75) is 31.4 Å². The van der Waals surface area contributed by atoms with Crippen molar-refractivity contribution in [1.29, 1.82) is 0 Å². The van der Waals surface area contributed by atoms with E-state index < -0.39 is 0 Å². The number of carbonyl (C=O) groups is 1. The van der Waals surface area contributed by atoms with Gasteiger partial charge in [0.15, 0.2) is 0 Å². The Morgan fingerprint density at radius 3 is 2.60 bits per heavy atom. The van der Waals surface area contributed by atoms with Crippen molar-refractivity contribution < 1.29 is 9.53 Å². The molecule has 1 aromatic carbocycles. The summed E-state index contributed by atoms with van der Waals surface area (Å²) in [5.74, 6) is 0.103. The summed E-state index contributed by atoms with van der Waals surface area (Å²) in [6, 6.07) is 8.67. The Labute approximate surface area is 125 Å². The number of ether oxygens (including phenoxy) is 1. The molecule has 1 saturated heterocycles. The highest BCUT2D eigenvalue weighted by atomic mass is 35.5. The van der Waals surface area contributed by atoms with E-state index in [1.54, 1.807) is 0 Å². The number of nitrogens with one attached hydrogen (secondary N) is 2. The third-order valence-electron chi connectivity index (χ3n) is 3.83. The first-order valence-corrected chi connectivity index (χ1v) is 7.00. The predicted molar refractivity (Wildman–Crippen MR) is 80.3 cm³/mol. The third-order valence-corrected chi connectivity index (χ3v) is 3.83. The highest BCUT2D eigenvalue weighted by Crippen LogP contribution is 2.21. The van der Waals surface area contributed by atoms with Crippen LogP contribution in [-0.4, -0.2) is 37.7 Å². The van der Waals surface area contributed by atoms with Crippen LogP contribution < -0.4 is 10.6 Å². The molecule has 1 atom stereocenters. The summed E-state index contributed by atoms with van der Waals surface area (Å²) in [7, 11) is 0. The van der Waals surface area contributed by atoms with E-state index in [1.165, 1.54) is 11.1 Å². The van der Waals surface area contributed by atoms with Gasteiger partial charge in [-0.25, -0.2) is 0 Å². The first-order valence-electron chi connectivity index (χ1n) is 7.00. The maximum Gasteiger partial charge on any atom is 0.222 e. The summed E-state index contributed by atoms with van der Waals surface area (Å²) in [6.45, 7) is 2.36. The van der Waals surface area contributed by atoms with Crippen molar-refractivity contribution in [3.8, 4) is 0 Å². The molecule has 2 aliphatic rings. The van der Waals surface area contributed by atoms with Gasteiger partial charge in [-0.15, -0.1) is 12.4 Å². The van der Waals surface area contributed by atoms with Crippen LogP contribution in [0.5, 0.6) is 0 Å². The van der Waals surface area contributed by atoms with Crippen LogP contribution in [0, 0.1) is 0 Å². The minimum absolute atomic E-state index is 0. The van der Waals surface area contributed by atoms with Crippen LogP contribution in [-0.2, 0) is 22.4 Å². The third kappa shape index (κ3) is 3.72. The lowest BCUT2D eigenvalue weighted by Gasteiger charge is -2.23. The van der Waals surface area contributed by atoms with E-state index >= 15 is 0 Å². The Balaban J connectivity index is 0.00000147. The molecular formula is C15H21ClN2O2. The van der Waals surface area contributed by atoms with Crippen LogP contribution in [0.2, 0.25) is 0 Å². The second-order valence-corrected chi connectivity index (χ2v) is 5.34. The first kappa shape index (κ1) is 15.3. The van der Waals surface area contributed by atoms with E-state index in [0.717, 1.165) is 25.9 Å². The molecule has 0 saturated carbocycles. The molecule has 0 spiro atoms. The van der Waals surface area contributed by atoms with Gasteiger partial charge < -0.3 is 15.4 Å². The van der Waals surface area contributed by atoms with E-state index in [2.05, 4.69) is 34.9 Å². The number of hydrogen-bond donors (Lipinski definition) is 2. The fraction of sp³-hybridized carbons (Fsp3) is 0.533. The normalized spacial score (nSPS) is 21.9. The second-order valence-electron chi connectivity index (χ2n) is 5.34. The van der Waals surface area contributed by atoms with Gasteiger partial charge in [0, 0.05) is 19.1 Å². The molecule has 5 heteroatoms. The molecule has 1 aliphatic heterocycles. The molecule has 2 N–H and O–H groups in total. The van der Waals surface area contributed by atoms with Gasteiger partial charge in [-0.2, -0.15) is 0 Å². The van der Waals surface area contributed by atoms with Crippen molar-refractivity contribution in [1.82, 2.24) is 10.6 Å². The van der Waals surface area contributed by atoms with Crippen LogP contribution >= 0.6 is 12.4 Å². The van der Waals surface area contributed by atoms with Gasteiger partial charge in [-0.05, 0) is 24.0 Å². The number of halogens is 1. The molecular weight excluding hydrogens is 276 g/mol. The fourth-order valence-electron chi connectivity index (χ4n) is 2.91. The second kappa shape index (κ2) is 7.07. The van der Waals surface area contributed by atoms with E-state index in [1.807, 2.05) is 0 Å². The number of morpholine rings is 1. The smallest absolute Gasteiger partial charge is 0.222 e. The Morgan fingerprint density at radius 2 is 2.00 bits per heavy atom. The number of amides is 1. The van der Waals surface area contributed by atoms with Crippen LogP contribution in [0.15, 0.2) is 24.3 Å². The Kier molecular flexibility index (Phi) is 5.40. The Morgan fingerprint density at radius 1 is 1.30 bits per heavy atom. The predicted octanol–water partition coefficient (Wildman–Crippen LogP) is 1.07. The average molecular weight is 297 g/mol. The number of fused-ring (bicyclic) bond motifs is 1. The highest BCUT2D eigenvalue weighted by molar-refractivity contribution is 5.85. The molecule has 1 aliphatic carbocycles. The van der Waals surface area contributed by atoms with E-state index in [9.17, 15) is 4.79 Å². The summed E-state index contributed by atoms with van der Waals surface area (Å²) in [4.78, 5) is 12.0. The topological polar surface area (TPSA) is 50.4 Å². The molecule has 1 heterocycles. The van der Waals surface area contributed by atoms with Crippen molar-refractivity contribution in [3.63, 3.8) is 0 Å². The lowest BCUT2D eigenvalue weighted by Crippen LogP contribution is -2.43. The van der Waals surface area contributed by atoms with E-state index in [0.29, 0.717) is 13.0 Å². The van der Waals surface area contributed by atoms with Gasteiger partial charge in [0.2, 0.25) is 5.91 Å². The van der Waals surface area contributed by atoms with E-state index in [4.69, 9.17) is 4.74 Å². The molecule has 3 rings (SSSR count). The summed E-state index contributed by atoms with van der Waals surface area (Å²) in [5.41, 5.74) is 2.73. The van der Waals surface area contributed by atoms with Crippen LogP contribution in [0.25, 0.3) is 0 Å². The SMILES string of the molecule is Cl.O=C(CC1CNCCO1)NC1Cc2ccccc2C1. The molecule has 0 bridgehead atoms. The number of rotatable bonds is 3. The zero-order valence-corrected chi connectivity index (χ0v) is 12.2. The zero-order valence-electron chi connectivity index (χ0n) is 11.4. The van der Waals surface area contributed by atoms with Gasteiger partial charge in [-0.3, -0.25) is 4.79 Å². The van der Waals surface area contributed by atoms with Crippen LogP contribution in [0.4, 0.5) is 0 Å². The molecule has 1 aromatic rings. The fourth-order valence-corrected chi connectivity index (χ4v) is 2.91. The standard InChI is InChI=1S/C15H20N2O2.ClH/c18-15(9-14-10-16-5-6-19-14)17-13-7-11-3-1-2-4-12(11)8-13;/h1-4,13-14,16H,5-10H2,(H,17,18);1H. The average Bonchev–Trinajstić information content (AvgIpc) is 2.81. The highest BCUT2D eigenvalue weighted by Gasteiger charge is 2.24. The molecule has 1 unspecified atom stereocenters. The Bertz CT molecular complexity index is 436. The summed E-state index contributed by atoms with van der Waals surface area (Å²) >= 11 is 0. The molecule has 110 valence electrons. The molecule has 20 heavy (non-hydrogen) atoms. The van der Waals surface area contributed by atoms with Gasteiger partial charge in [0.05, 0.1) is 19.1 Å². The van der Waals surface area contributed by atoms with Gasteiger partial charge >= 0.3 is 0 Å². The first-order chi connectivity index (χ1) is 9.31. The van der Waals surface area contributed by atoms with Gasteiger partial charge in [-0.1, -0.05) is 24.3 Å². The number of carbonyl (C=O) groups excluding carboxylic acids is 1. The molecule has 0 radical (unpaired) electrons. The maximum absolute atomic E-state index is 12.0. The minimum Gasteiger partial charge on any atom is -0.375 e. The van der Waals surface area contributed by atoms with E-state index in [-0.39, 0.29) is 30.5 Å². The van der Waals surface area contributed by atoms with Crippen LogP contribution in [0.1, 0.15) is 17.5 Å². The summed E-state index contributed by atoms with van der Waals surface area (Å²) in [6.07, 6.45) is 2.38. The zero-order chi connectivity index (χ0) is 13.1. The van der Waals surface area contributed by atoms with Crippen LogP contribution in [0.3, 0.4) is 0 Å². The number of benzene rings is 1. The molecule has 1 amide bonds. The van der Waals surface area contributed by atoms with Crippen molar-refractivity contribution >= 4 is 18.3 Å². The monoisotopic (exact) mass is 296 g/mol. The van der Waals surface area contributed by atoms with Gasteiger partial charge in [0.25, 0.3) is 0 Å². The lowest BCUT2D eigenvalue weighted by molar-refractivity contribution is -0.125. The molecule has 4 nitrogen and oxygen atoms in total. The van der Waals surface area contributed by atoms with Crippen molar-refractivity contribution in [2.75, 3.05) is 19.7 Å². The van der Waals surface area contributed by atoms with Crippen molar-refractivity contribution in [3.05, 3.63) is 35.4 Å². The lowest BCUT2D eigenvalue weighted by atomic mass is 10.1. The minimum atomic E-state index is 0. The number of hydrogen-bond acceptors (Lipinski definition) is 3. The summed E-state index contributed by atoms with van der Waals surface area (Å²) in [5, 5.41) is 6.37. The van der Waals surface area contributed by atoms with Crippen molar-refractivity contribution in [2.24, 2.45) is 0 Å². The molecule has 0 aromatic heterocycles. The largest absolute Gasteiger partial charge is 0.375 e.